The van der Waals surface area contributed by atoms with Crippen LogP contribution in [0.2, 0.25) is 0 Å². The first-order chi connectivity index (χ1) is 13.2. The minimum absolute atomic E-state index is 0.121. The summed E-state index contributed by atoms with van der Waals surface area (Å²) in [5.74, 6) is 1.56. The van der Waals surface area contributed by atoms with Gasteiger partial charge in [-0.2, -0.15) is 0 Å². The quantitative estimate of drug-likeness (QED) is 0.787. The van der Waals surface area contributed by atoms with E-state index in [9.17, 15) is 9.90 Å². The molecule has 1 saturated carbocycles. The van der Waals surface area contributed by atoms with Gasteiger partial charge in [-0.25, -0.2) is 4.98 Å². The minimum atomic E-state index is 0.121. The summed E-state index contributed by atoms with van der Waals surface area (Å²) in [6.07, 6.45) is 12.6. The van der Waals surface area contributed by atoms with Gasteiger partial charge in [-0.3, -0.25) is 9.36 Å². The third-order valence-electron chi connectivity index (χ3n) is 6.32. The number of fused-ring (bicyclic) bond motifs is 1. The van der Waals surface area contributed by atoms with Gasteiger partial charge < -0.3 is 5.11 Å². The SMILES string of the molecule is O=c1c2c(nc(-c3ccccc3O)n1CCC1CCCCC1)CCCCC2. The molecule has 0 saturated heterocycles. The smallest absolute Gasteiger partial charge is 0.257 e. The number of aromatic hydroxyl groups is 1. The number of phenolic OH excluding ortho intramolecular Hbond substituents is 1. The fourth-order valence-electron chi connectivity index (χ4n) is 4.73. The van der Waals surface area contributed by atoms with Crippen molar-refractivity contribution in [2.45, 2.75) is 77.2 Å². The lowest BCUT2D eigenvalue weighted by atomic mass is 9.87. The molecule has 1 aromatic heterocycles. The number of para-hydroxylation sites is 1. The third-order valence-corrected chi connectivity index (χ3v) is 6.32. The third kappa shape index (κ3) is 3.95. The molecule has 144 valence electrons. The van der Waals surface area contributed by atoms with Crippen molar-refractivity contribution in [2.24, 2.45) is 5.92 Å². The number of rotatable bonds is 4. The second-order valence-electron chi connectivity index (χ2n) is 8.19. The van der Waals surface area contributed by atoms with Crippen LogP contribution in [-0.4, -0.2) is 14.7 Å². The van der Waals surface area contributed by atoms with Crippen LogP contribution >= 0.6 is 0 Å². The molecule has 2 aliphatic carbocycles. The molecule has 1 N–H and O–H groups in total. The summed E-state index contributed by atoms with van der Waals surface area (Å²) in [5.41, 5.74) is 2.65. The molecule has 0 radical (unpaired) electrons. The number of hydrogen-bond acceptors (Lipinski definition) is 3. The summed E-state index contributed by atoms with van der Waals surface area (Å²) in [6, 6.07) is 7.26. The summed E-state index contributed by atoms with van der Waals surface area (Å²) < 4.78 is 1.85. The lowest BCUT2D eigenvalue weighted by Crippen LogP contribution is -2.29. The molecular formula is C23H30N2O2. The summed E-state index contributed by atoms with van der Waals surface area (Å²) >= 11 is 0. The van der Waals surface area contributed by atoms with Crippen LogP contribution in [0.1, 0.15) is 69.0 Å². The molecule has 4 heteroatoms. The number of aromatic nitrogens is 2. The van der Waals surface area contributed by atoms with Gasteiger partial charge in [-0.15, -0.1) is 0 Å². The van der Waals surface area contributed by atoms with E-state index in [2.05, 4.69) is 0 Å². The van der Waals surface area contributed by atoms with Crippen LogP contribution in [0.15, 0.2) is 29.1 Å². The highest BCUT2D eigenvalue weighted by molar-refractivity contribution is 5.64. The van der Waals surface area contributed by atoms with E-state index in [4.69, 9.17) is 4.98 Å². The van der Waals surface area contributed by atoms with E-state index in [0.717, 1.165) is 49.8 Å². The maximum atomic E-state index is 13.4. The van der Waals surface area contributed by atoms with E-state index >= 15 is 0 Å². The zero-order valence-corrected chi connectivity index (χ0v) is 16.1. The first-order valence-electron chi connectivity index (χ1n) is 10.6. The topological polar surface area (TPSA) is 55.1 Å². The van der Waals surface area contributed by atoms with Gasteiger partial charge >= 0.3 is 0 Å². The van der Waals surface area contributed by atoms with Crippen molar-refractivity contribution in [3.63, 3.8) is 0 Å². The van der Waals surface area contributed by atoms with Crippen LogP contribution in [0.3, 0.4) is 0 Å². The van der Waals surface area contributed by atoms with E-state index in [1.807, 2.05) is 22.8 Å². The molecule has 0 unspecified atom stereocenters. The molecule has 1 aromatic carbocycles. The van der Waals surface area contributed by atoms with Gasteiger partial charge in [0, 0.05) is 12.1 Å². The van der Waals surface area contributed by atoms with Crippen LogP contribution in [0.25, 0.3) is 11.4 Å². The van der Waals surface area contributed by atoms with Gasteiger partial charge in [0.15, 0.2) is 0 Å². The Morgan fingerprint density at radius 2 is 1.74 bits per heavy atom. The average Bonchev–Trinajstić information content (AvgIpc) is 2.94. The highest BCUT2D eigenvalue weighted by Crippen LogP contribution is 2.30. The van der Waals surface area contributed by atoms with Crippen molar-refractivity contribution in [3.05, 3.63) is 45.9 Å². The molecule has 4 nitrogen and oxygen atoms in total. The summed E-state index contributed by atoms with van der Waals surface area (Å²) in [5, 5.41) is 10.4. The van der Waals surface area contributed by atoms with Crippen LogP contribution in [0.4, 0.5) is 0 Å². The number of hydrogen-bond donors (Lipinski definition) is 1. The second kappa shape index (κ2) is 8.28. The molecule has 0 amide bonds. The Morgan fingerprint density at radius 3 is 2.56 bits per heavy atom. The number of benzene rings is 1. The fraction of sp³-hybridized carbons (Fsp3) is 0.565. The predicted molar refractivity (Wildman–Crippen MR) is 108 cm³/mol. The molecule has 2 aromatic rings. The molecule has 2 aliphatic rings. The fourth-order valence-corrected chi connectivity index (χ4v) is 4.73. The molecule has 0 spiro atoms. The molecule has 4 rings (SSSR count). The molecule has 0 atom stereocenters. The van der Waals surface area contributed by atoms with Gasteiger partial charge in [0.1, 0.15) is 11.6 Å². The van der Waals surface area contributed by atoms with Crippen molar-refractivity contribution in [1.29, 1.82) is 0 Å². The van der Waals surface area contributed by atoms with E-state index < -0.39 is 0 Å². The molecular weight excluding hydrogens is 336 g/mol. The lowest BCUT2D eigenvalue weighted by Gasteiger charge is -2.23. The van der Waals surface area contributed by atoms with Crippen molar-refractivity contribution >= 4 is 0 Å². The average molecular weight is 367 g/mol. The Balaban J connectivity index is 1.75. The largest absolute Gasteiger partial charge is 0.507 e. The highest BCUT2D eigenvalue weighted by atomic mass is 16.3. The highest BCUT2D eigenvalue weighted by Gasteiger charge is 2.22. The van der Waals surface area contributed by atoms with Gasteiger partial charge in [-0.05, 0) is 50.2 Å². The molecule has 1 heterocycles. The lowest BCUT2D eigenvalue weighted by molar-refractivity contribution is 0.322. The van der Waals surface area contributed by atoms with Crippen LogP contribution in [-0.2, 0) is 19.4 Å². The van der Waals surface area contributed by atoms with Crippen molar-refractivity contribution in [1.82, 2.24) is 9.55 Å². The molecule has 1 fully saturated rings. The maximum absolute atomic E-state index is 13.4. The first-order valence-corrected chi connectivity index (χ1v) is 10.6. The number of aryl methyl sites for hydroxylation is 1. The van der Waals surface area contributed by atoms with Crippen LogP contribution in [0.5, 0.6) is 5.75 Å². The van der Waals surface area contributed by atoms with Gasteiger partial charge in [-0.1, -0.05) is 50.7 Å². The maximum Gasteiger partial charge on any atom is 0.257 e. The minimum Gasteiger partial charge on any atom is -0.507 e. The van der Waals surface area contributed by atoms with Crippen molar-refractivity contribution in [2.75, 3.05) is 0 Å². The molecule has 0 bridgehead atoms. The molecule has 27 heavy (non-hydrogen) atoms. The zero-order valence-electron chi connectivity index (χ0n) is 16.1. The standard InChI is InChI=1S/C23H30N2O2/c26-21-14-8-7-12-19(21)22-24-20-13-6-2-5-11-18(20)23(27)25(22)16-15-17-9-3-1-4-10-17/h7-8,12,14,17,26H,1-6,9-11,13,15-16H2. The second-order valence-corrected chi connectivity index (χ2v) is 8.19. The Hall–Kier alpha value is -2.10. The zero-order chi connectivity index (χ0) is 18.6. The summed E-state index contributed by atoms with van der Waals surface area (Å²) in [6.45, 7) is 0.702. The van der Waals surface area contributed by atoms with E-state index in [1.165, 1.54) is 32.1 Å². The number of nitrogens with zero attached hydrogens (tertiary/aromatic N) is 2. The summed E-state index contributed by atoms with van der Waals surface area (Å²) in [4.78, 5) is 18.3. The van der Waals surface area contributed by atoms with Crippen molar-refractivity contribution in [3.8, 4) is 17.1 Å². The Morgan fingerprint density at radius 1 is 1.00 bits per heavy atom. The van der Waals surface area contributed by atoms with E-state index in [-0.39, 0.29) is 11.3 Å². The van der Waals surface area contributed by atoms with Crippen molar-refractivity contribution < 1.29 is 5.11 Å². The van der Waals surface area contributed by atoms with Crippen LogP contribution in [0, 0.1) is 5.92 Å². The Bertz CT molecular complexity index is 850. The monoisotopic (exact) mass is 366 g/mol. The predicted octanol–water partition coefficient (Wildman–Crippen LogP) is 4.86. The van der Waals surface area contributed by atoms with Gasteiger partial charge in [0.25, 0.3) is 5.56 Å². The Kier molecular flexibility index (Phi) is 5.61. The number of phenols is 1. The Labute approximate surface area is 161 Å². The van der Waals surface area contributed by atoms with Crippen LogP contribution < -0.4 is 5.56 Å². The first kappa shape index (κ1) is 18.3. The van der Waals surface area contributed by atoms with Gasteiger partial charge in [0.05, 0.1) is 11.3 Å². The van der Waals surface area contributed by atoms with E-state index in [1.54, 1.807) is 6.07 Å². The van der Waals surface area contributed by atoms with Gasteiger partial charge in [0.2, 0.25) is 0 Å². The normalized spacial score (nSPS) is 18.1. The summed E-state index contributed by atoms with van der Waals surface area (Å²) in [7, 11) is 0. The molecule has 0 aliphatic heterocycles. The van der Waals surface area contributed by atoms with E-state index in [0.29, 0.717) is 23.9 Å².